The summed E-state index contributed by atoms with van der Waals surface area (Å²) in [5.41, 5.74) is -0.514. The van der Waals surface area contributed by atoms with E-state index in [0.717, 1.165) is 17.7 Å². The number of hydrogen-bond donors (Lipinski definition) is 3. The molecule has 0 aromatic carbocycles. The predicted octanol–water partition coefficient (Wildman–Crippen LogP) is 3.43. The highest BCUT2D eigenvalue weighted by Crippen LogP contribution is 2.26. The number of alkyl carbamates (subject to hydrolysis) is 1. The molecule has 3 N–H and O–H groups in total. The number of nitrogens with one attached hydrogen (secondary N) is 3. The van der Waals surface area contributed by atoms with Crippen LogP contribution >= 0.6 is 11.3 Å². The molecule has 0 radical (unpaired) electrons. The third-order valence-corrected chi connectivity index (χ3v) is 5.53. The molecule has 0 saturated heterocycles. The van der Waals surface area contributed by atoms with Crippen LogP contribution in [-0.2, 0) is 16.1 Å². The maximum atomic E-state index is 12.2. The van der Waals surface area contributed by atoms with E-state index in [9.17, 15) is 9.59 Å². The van der Waals surface area contributed by atoms with Gasteiger partial charge in [0.1, 0.15) is 5.60 Å². The Labute approximate surface area is 166 Å². The zero-order valence-electron chi connectivity index (χ0n) is 16.7. The van der Waals surface area contributed by atoms with Gasteiger partial charge >= 0.3 is 6.09 Å². The number of carbonyl (C=O) groups excluding carboxylic acids is 2. The maximum absolute atomic E-state index is 12.2. The molecule has 1 aliphatic rings. The van der Waals surface area contributed by atoms with Gasteiger partial charge in [0.25, 0.3) is 0 Å². The van der Waals surface area contributed by atoms with E-state index in [2.05, 4.69) is 16.0 Å². The fraction of sp³-hybridized carbons (Fsp3) is 0.700. The van der Waals surface area contributed by atoms with Crippen molar-refractivity contribution < 1.29 is 14.3 Å². The molecule has 2 amide bonds. The number of carbonyl (C=O) groups is 2. The predicted molar refractivity (Wildman–Crippen MR) is 109 cm³/mol. The number of thiophene rings is 1. The second-order valence-corrected chi connectivity index (χ2v) is 9.16. The third-order valence-electron chi connectivity index (χ3n) is 4.65. The van der Waals surface area contributed by atoms with Crippen molar-refractivity contribution in [1.82, 2.24) is 16.0 Å². The van der Waals surface area contributed by atoms with E-state index < -0.39 is 11.7 Å². The smallest absolute Gasteiger partial charge is 0.407 e. The van der Waals surface area contributed by atoms with Crippen molar-refractivity contribution in [2.45, 2.75) is 71.1 Å². The van der Waals surface area contributed by atoms with Crippen LogP contribution in [0.1, 0.15) is 57.8 Å². The second kappa shape index (κ2) is 10.7. The van der Waals surface area contributed by atoms with Crippen molar-refractivity contribution in [3.05, 3.63) is 22.4 Å². The first-order valence-electron chi connectivity index (χ1n) is 9.83. The highest BCUT2D eigenvalue weighted by molar-refractivity contribution is 7.09. The minimum atomic E-state index is -0.514. The molecule has 1 fully saturated rings. The third kappa shape index (κ3) is 8.75. The average Bonchev–Trinajstić information content (AvgIpc) is 3.13. The minimum absolute atomic E-state index is 0.0264. The van der Waals surface area contributed by atoms with Crippen LogP contribution in [-0.4, -0.2) is 36.7 Å². The zero-order valence-corrected chi connectivity index (χ0v) is 17.5. The molecule has 1 aromatic heterocycles. The summed E-state index contributed by atoms with van der Waals surface area (Å²) in [5.74, 6) is 0.445. The molecule has 0 bridgehead atoms. The standard InChI is InChI=1S/C20H33N3O3S/c1-20(2,3)26-19(25)23-13-17(15-8-5-4-6-9-15)21-14-18(24)22-12-16-10-7-11-27-16/h7,10-11,15,17,21H,4-6,8-9,12-14H2,1-3H3,(H,22,24)(H,23,25)/t17-/m1/s1. The van der Waals surface area contributed by atoms with Gasteiger partial charge in [-0.1, -0.05) is 25.3 Å². The average molecular weight is 396 g/mol. The first kappa shape index (κ1) is 21.7. The summed E-state index contributed by atoms with van der Waals surface area (Å²) >= 11 is 1.63. The van der Waals surface area contributed by atoms with E-state index >= 15 is 0 Å². The van der Waals surface area contributed by atoms with Crippen molar-refractivity contribution in [3.8, 4) is 0 Å². The van der Waals surface area contributed by atoms with Crippen molar-refractivity contribution >= 4 is 23.3 Å². The monoisotopic (exact) mass is 395 g/mol. The Morgan fingerprint density at radius 2 is 1.96 bits per heavy atom. The van der Waals surface area contributed by atoms with Crippen LogP contribution in [0.4, 0.5) is 4.79 Å². The van der Waals surface area contributed by atoms with E-state index in [-0.39, 0.29) is 18.5 Å². The molecule has 0 unspecified atom stereocenters. The number of hydrogen-bond acceptors (Lipinski definition) is 5. The fourth-order valence-electron chi connectivity index (χ4n) is 3.33. The normalized spacial score (nSPS) is 16.6. The minimum Gasteiger partial charge on any atom is -0.444 e. The SMILES string of the molecule is CC(C)(C)OC(=O)NC[C@@H](NCC(=O)NCc1cccs1)C1CCCCC1. The topological polar surface area (TPSA) is 79.5 Å². The molecule has 6 nitrogen and oxygen atoms in total. The molecular formula is C20H33N3O3S. The van der Waals surface area contributed by atoms with Gasteiger partial charge in [-0.15, -0.1) is 11.3 Å². The van der Waals surface area contributed by atoms with Crippen LogP contribution in [0.25, 0.3) is 0 Å². The molecule has 1 heterocycles. The summed E-state index contributed by atoms with van der Waals surface area (Å²) in [7, 11) is 0. The van der Waals surface area contributed by atoms with Gasteiger partial charge in [-0.05, 0) is 51.0 Å². The first-order chi connectivity index (χ1) is 12.8. The lowest BCUT2D eigenvalue weighted by Gasteiger charge is -2.31. The van der Waals surface area contributed by atoms with Crippen LogP contribution in [0.5, 0.6) is 0 Å². The molecule has 1 atom stereocenters. The number of ether oxygens (including phenoxy) is 1. The summed E-state index contributed by atoms with van der Waals surface area (Å²) in [6, 6.07) is 4.06. The number of rotatable bonds is 8. The van der Waals surface area contributed by atoms with Crippen molar-refractivity contribution in [1.29, 1.82) is 0 Å². The lowest BCUT2D eigenvalue weighted by Crippen LogP contribution is -2.49. The van der Waals surface area contributed by atoms with Crippen molar-refractivity contribution in [2.75, 3.05) is 13.1 Å². The molecule has 1 aromatic rings. The Bertz CT molecular complexity index is 578. The van der Waals surface area contributed by atoms with Crippen molar-refractivity contribution in [3.63, 3.8) is 0 Å². The van der Waals surface area contributed by atoms with Crippen LogP contribution in [0, 0.1) is 5.92 Å². The van der Waals surface area contributed by atoms with Crippen LogP contribution in [0.15, 0.2) is 17.5 Å². The summed E-state index contributed by atoms with van der Waals surface area (Å²) in [6.07, 6.45) is 5.53. The van der Waals surface area contributed by atoms with Crippen LogP contribution < -0.4 is 16.0 Å². The van der Waals surface area contributed by atoms with E-state index in [1.54, 1.807) is 11.3 Å². The van der Waals surface area contributed by atoms with Gasteiger partial charge in [0.2, 0.25) is 5.91 Å². The van der Waals surface area contributed by atoms with Gasteiger partial charge in [0.15, 0.2) is 0 Å². The van der Waals surface area contributed by atoms with E-state index in [1.165, 1.54) is 19.3 Å². The Kier molecular flexibility index (Phi) is 8.57. The van der Waals surface area contributed by atoms with E-state index in [0.29, 0.717) is 19.0 Å². The largest absolute Gasteiger partial charge is 0.444 e. The van der Waals surface area contributed by atoms with Gasteiger partial charge in [-0.2, -0.15) is 0 Å². The quantitative estimate of drug-likeness (QED) is 0.630. The van der Waals surface area contributed by atoms with Crippen LogP contribution in [0.3, 0.4) is 0 Å². The highest BCUT2D eigenvalue weighted by atomic mass is 32.1. The molecule has 2 rings (SSSR count). The summed E-state index contributed by atoms with van der Waals surface area (Å²) < 4.78 is 5.33. The summed E-state index contributed by atoms with van der Waals surface area (Å²) in [4.78, 5) is 25.3. The summed E-state index contributed by atoms with van der Waals surface area (Å²) in [5, 5.41) is 11.2. The Morgan fingerprint density at radius 1 is 1.22 bits per heavy atom. The van der Waals surface area contributed by atoms with Gasteiger partial charge in [-0.3, -0.25) is 4.79 Å². The van der Waals surface area contributed by atoms with Crippen LogP contribution in [0.2, 0.25) is 0 Å². The molecular weight excluding hydrogens is 362 g/mol. The molecule has 0 aliphatic heterocycles. The van der Waals surface area contributed by atoms with Gasteiger partial charge in [-0.25, -0.2) is 4.79 Å². The van der Waals surface area contributed by atoms with E-state index in [4.69, 9.17) is 4.74 Å². The molecule has 152 valence electrons. The molecule has 1 saturated carbocycles. The van der Waals surface area contributed by atoms with Crippen molar-refractivity contribution in [2.24, 2.45) is 5.92 Å². The lowest BCUT2D eigenvalue weighted by molar-refractivity contribution is -0.120. The maximum Gasteiger partial charge on any atom is 0.407 e. The van der Waals surface area contributed by atoms with Gasteiger partial charge in [0, 0.05) is 17.5 Å². The lowest BCUT2D eigenvalue weighted by atomic mass is 9.84. The Morgan fingerprint density at radius 3 is 2.59 bits per heavy atom. The highest BCUT2D eigenvalue weighted by Gasteiger charge is 2.25. The summed E-state index contributed by atoms with van der Waals surface area (Å²) in [6.45, 7) is 6.83. The van der Waals surface area contributed by atoms with E-state index in [1.807, 2.05) is 38.3 Å². The fourth-order valence-corrected chi connectivity index (χ4v) is 3.98. The molecule has 0 spiro atoms. The van der Waals surface area contributed by atoms with Gasteiger partial charge < -0.3 is 20.7 Å². The van der Waals surface area contributed by atoms with Gasteiger partial charge in [0.05, 0.1) is 13.1 Å². The zero-order chi connectivity index (χ0) is 19.7. The molecule has 27 heavy (non-hydrogen) atoms. The number of amides is 2. The first-order valence-corrected chi connectivity index (χ1v) is 10.7. The molecule has 7 heteroatoms. The molecule has 1 aliphatic carbocycles. The Hall–Kier alpha value is -1.60. The second-order valence-electron chi connectivity index (χ2n) is 8.12. The Balaban J connectivity index is 1.80.